The fraction of sp³-hybridized carbons (Fsp3) is 0.300. The molecular weight excluding hydrogens is 333 g/mol. The summed E-state index contributed by atoms with van der Waals surface area (Å²) in [5, 5.41) is 6.01. The fourth-order valence-electron chi connectivity index (χ4n) is 3.02. The highest BCUT2D eigenvalue weighted by Gasteiger charge is 2.22. The summed E-state index contributed by atoms with van der Waals surface area (Å²) in [6.07, 6.45) is 0. The molecule has 1 aliphatic rings. The molecule has 2 amide bonds. The van der Waals surface area contributed by atoms with E-state index in [2.05, 4.69) is 10.6 Å². The van der Waals surface area contributed by atoms with E-state index in [0.29, 0.717) is 24.3 Å². The zero-order valence-corrected chi connectivity index (χ0v) is 14.9. The third-order valence-corrected chi connectivity index (χ3v) is 4.51. The van der Waals surface area contributed by atoms with E-state index in [1.54, 1.807) is 29.2 Å². The number of carbonyl (C=O) groups excluding carboxylic acids is 2. The monoisotopic (exact) mass is 355 g/mol. The molecule has 136 valence electrons. The highest BCUT2D eigenvalue weighted by Crippen LogP contribution is 2.20. The molecule has 2 N–H and O–H groups in total. The predicted octanol–water partition coefficient (Wildman–Crippen LogP) is 2.82. The molecule has 1 saturated heterocycles. The van der Waals surface area contributed by atoms with Crippen molar-refractivity contribution in [1.82, 2.24) is 10.2 Å². The lowest BCUT2D eigenvalue weighted by Gasteiger charge is -2.32. The van der Waals surface area contributed by atoms with E-state index < -0.39 is 11.7 Å². The Morgan fingerprint density at radius 3 is 2.73 bits per heavy atom. The SMILES string of the molecule is Cc1ccc(C(=O)N2CCNC(C)C2)cc1NC(=O)c1ccccc1F. The number of amides is 2. The molecule has 5 nitrogen and oxygen atoms in total. The zero-order valence-electron chi connectivity index (χ0n) is 14.9. The normalized spacial score (nSPS) is 17.0. The van der Waals surface area contributed by atoms with Crippen LogP contribution in [0.1, 0.15) is 33.2 Å². The van der Waals surface area contributed by atoms with Crippen molar-refractivity contribution in [3.8, 4) is 0 Å². The molecule has 2 aromatic carbocycles. The Balaban J connectivity index is 1.80. The Morgan fingerprint density at radius 1 is 1.23 bits per heavy atom. The lowest BCUT2D eigenvalue weighted by Crippen LogP contribution is -2.51. The minimum atomic E-state index is -0.579. The Kier molecular flexibility index (Phi) is 5.32. The second-order valence-corrected chi connectivity index (χ2v) is 6.57. The molecule has 1 heterocycles. The number of benzene rings is 2. The summed E-state index contributed by atoms with van der Waals surface area (Å²) in [5.74, 6) is -1.18. The van der Waals surface area contributed by atoms with Gasteiger partial charge in [0.25, 0.3) is 11.8 Å². The van der Waals surface area contributed by atoms with Crippen molar-refractivity contribution in [3.63, 3.8) is 0 Å². The minimum absolute atomic E-state index is 0.0282. The molecule has 1 unspecified atom stereocenters. The maximum Gasteiger partial charge on any atom is 0.258 e. The van der Waals surface area contributed by atoms with Crippen LogP contribution in [0.15, 0.2) is 42.5 Å². The van der Waals surface area contributed by atoms with E-state index in [4.69, 9.17) is 0 Å². The molecule has 2 aromatic rings. The van der Waals surface area contributed by atoms with Crippen molar-refractivity contribution < 1.29 is 14.0 Å². The van der Waals surface area contributed by atoms with Gasteiger partial charge in [0.1, 0.15) is 5.82 Å². The number of carbonyl (C=O) groups is 2. The van der Waals surface area contributed by atoms with E-state index in [-0.39, 0.29) is 17.5 Å². The van der Waals surface area contributed by atoms with Crippen LogP contribution in [0.25, 0.3) is 0 Å². The number of rotatable bonds is 3. The Hall–Kier alpha value is -2.73. The van der Waals surface area contributed by atoms with Crippen LogP contribution in [0.4, 0.5) is 10.1 Å². The van der Waals surface area contributed by atoms with E-state index in [1.165, 1.54) is 18.2 Å². The highest BCUT2D eigenvalue weighted by atomic mass is 19.1. The standard InChI is InChI=1S/C20H22FN3O2/c1-13-7-8-15(20(26)24-10-9-22-14(2)12-24)11-18(13)23-19(25)16-5-3-4-6-17(16)21/h3-8,11,14,22H,9-10,12H2,1-2H3,(H,23,25). The first-order chi connectivity index (χ1) is 12.5. The molecule has 0 saturated carbocycles. The van der Waals surface area contributed by atoms with Crippen LogP contribution >= 0.6 is 0 Å². The van der Waals surface area contributed by atoms with Crippen molar-refractivity contribution >= 4 is 17.5 Å². The van der Waals surface area contributed by atoms with Gasteiger partial charge in [0.2, 0.25) is 0 Å². The first-order valence-electron chi connectivity index (χ1n) is 8.65. The smallest absolute Gasteiger partial charge is 0.258 e. The van der Waals surface area contributed by atoms with Gasteiger partial charge in [-0.3, -0.25) is 9.59 Å². The van der Waals surface area contributed by atoms with E-state index in [9.17, 15) is 14.0 Å². The summed E-state index contributed by atoms with van der Waals surface area (Å²) >= 11 is 0. The summed E-state index contributed by atoms with van der Waals surface area (Å²) in [5.41, 5.74) is 1.79. The van der Waals surface area contributed by atoms with Crippen LogP contribution in [-0.2, 0) is 0 Å². The topological polar surface area (TPSA) is 61.4 Å². The molecule has 0 radical (unpaired) electrons. The molecular formula is C20H22FN3O2. The maximum atomic E-state index is 13.8. The lowest BCUT2D eigenvalue weighted by atomic mass is 10.1. The second kappa shape index (κ2) is 7.66. The average Bonchev–Trinajstić information content (AvgIpc) is 2.63. The summed E-state index contributed by atoms with van der Waals surface area (Å²) in [6.45, 7) is 5.92. The van der Waals surface area contributed by atoms with Gasteiger partial charge in [0, 0.05) is 36.9 Å². The molecule has 1 aliphatic heterocycles. The zero-order chi connectivity index (χ0) is 18.7. The number of nitrogens with zero attached hydrogens (tertiary/aromatic N) is 1. The number of halogens is 1. The number of nitrogens with one attached hydrogen (secondary N) is 2. The van der Waals surface area contributed by atoms with Crippen molar-refractivity contribution in [1.29, 1.82) is 0 Å². The van der Waals surface area contributed by atoms with Crippen molar-refractivity contribution in [2.24, 2.45) is 0 Å². The molecule has 0 aromatic heterocycles. The van der Waals surface area contributed by atoms with Gasteiger partial charge in [-0.1, -0.05) is 18.2 Å². The van der Waals surface area contributed by atoms with Crippen LogP contribution in [0.3, 0.4) is 0 Å². The molecule has 3 rings (SSSR count). The summed E-state index contributed by atoms with van der Waals surface area (Å²) in [4.78, 5) is 26.9. The van der Waals surface area contributed by atoms with Gasteiger partial charge in [-0.25, -0.2) is 4.39 Å². The highest BCUT2D eigenvalue weighted by molar-refractivity contribution is 6.05. The third-order valence-electron chi connectivity index (χ3n) is 4.51. The lowest BCUT2D eigenvalue weighted by molar-refractivity contribution is 0.0709. The van der Waals surface area contributed by atoms with Crippen LogP contribution in [0.5, 0.6) is 0 Å². The minimum Gasteiger partial charge on any atom is -0.336 e. The largest absolute Gasteiger partial charge is 0.336 e. The van der Waals surface area contributed by atoms with E-state index >= 15 is 0 Å². The van der Waals surface area contributed by atoms with Gasteiger partial charge in [-0.15, -0.1) is 0 Å². The second-order valence-electron chi connectivity index (χ2n) is 6.57. The molecule has 0 spiro atoms. The summed E-state index contributed by atoms with van der Waals surface area (Å²) < 4.78 is 13.8. The van der Waals surface area contributed by atoms with Gasteiger partial charge in [0.15, 0.2) is 0 Å². The van der Waals surface area contributed by atoms with Crippen LogP contribution in [0.2, 0.25) is 0 Å². The van der Waals surface area contributed by atoms with Crippen LogP contribution in [-0.4, -0.2) is 42.4 Å². The Morgan fingerprint density at radius 2 is 2.00 bits per heavy atom. The number of piperazine rings is 1. The first-order valence-corrected chi connectivity index (χ1v) is 8.65. The van der Waals surface area contributed by atoms with Gasteiger partial charge >= 0.3 is 0 Å². The van der Waals surface area contributed by atoms with Crippen LogP contribution < -0.4 is 10.6 Å². The summed E-state index contributed by atoms with van der Waals surface area (Å²) in [7, 11) is 0. The number of hydrogen-bond donors (Lipinski definition) is 2. The molecule has 1 fully saturated rings. The molecule has 26 heavy (non-hydrogen) atoms. The van der Waals surface area contributed by atoms with E-state index in [0.717, 1.165) is 12.1 Å². The number of aryl methyl sites for hydroxylation is 1. The van der Waals surface area contributed by atoms with Crippen LogP contribution in [0, 0.1) is 12.7 Å². The number of hydrogen-bond acceptors (Lipinski definition) is 3. The molecule has 6 heteroatoms. The van der Waals surface area contributed by atoms with Gasteiger partial charge < -0.3 is 15.5 Å². The Labute approximate surface area is 152 Å². The van der Waals surface area contributed by atoms with Gasteiger partial charge in [0.05, 0.1) is 5.56 Å². The average molecular weight is 355 g/mol. The van der Waals surface area contributed by atoms with Crippen molar-refractivity contribution in [2.75, 3.05) is 25.0 Å². The van der Waals surface area contributed by atoms with E-state index in [1.807, 2.05) is 13.8 Å². The quantitative estimate of drug-likeness (QED) is 0.890. The summed E-state index contributed by atoms with van der Waals surface area (Å²) in [6, 6.07) is 11.3. The molecule has 0 aliphatic carbocycles. The van der Waals surface area contributed by atoms with Gasteiger partial charge in [-0.05, 0) is 43.7 Å². The maximum absolute atomic E-state index is 13.8. The molecule has 0 bridgehead atoms. The number of anilines is 1. The predicted molar refractivity (Wildman–Crippen MR) is 98.9 cm³/mol. The van der Waals surface area contributed by atoms with Gasteiger partial charge in [-0.2, -0.15) is 0 Å². The fourth-order valence-corrected chi connectivity index (χ4v) is 3.02. The first kappa shape index (κ1) is 18.1. The van der Waals surface area contributed by atoms with Crippen molar-refractivity contribution in [3.05, 3.63) is 65.0 Å². The Bertz CT molecular complexity index is 838. The third kappa shape index (κ3) is 3.91. The molecule has 1 atom stereocenters. The van der Waals surface area contributed by atoms with Crippen molar-refractivity contribution in [2.45, 2.75) is 19.9 Å².